The van der Waals surface area contributed by atoms with Gasteiger partial charge in [0.05, 0.1) is 22.8 Å². The Hall–Kier alpha value is -1.69. The monoisotopic (exact) mass is 282 g/mol. The van der Waals surface area contributed by atoms with E-state index in [1.54, 1.807) is 18.2 Å². The van der Waals surface area contributed by atoms with Crippen molar-refractivity contribution in [1.82, 2.24) is 4.98 Å². The molecule has 0 spiro atoms. The van der Waals surface area contributed by atoms with E-state index in [1.165, 1.54) is 13.3 Å². The lowest BCUT2D eigenvalue weighted by Crippen LogP contribution is -1.95. The van der Waals surface area contributed by atoms with Crippen LogP contribution in [0.15, 0.2) is 28.9 Å². The SMILES string of the molecule is COc1ncc([N+](=O)[O-])c2cccc(Br)c12. The van der Waals surface area contributed by atoms with Gasteiger partial charge in [0.25, 0.3) is 5.69 Å². The Kier molecular flexibility index (Phi) is 2.74. The van der Waals surface area contributed by atoms with Crippen LogP contribution in [-0.4, -0.2) is 17.0 Å². The summed E-state index contributed by atoms with van der Waals surface area (Å²) < 4.78 is 5.80. The predicted molar refractivity (Wildman–Crippen MR) is 62.6 cm³/mol. The van der Waals surface area contributed by atoms with Gasteiger partial charge < -0.3 is 4.74 Å². The molecule has 0 bridgehead atoms. The number of fused-ring (bicyclic) bond motifs is 1. The average Bonchev–Trinajstić information content (AvgIpc) is 2.27. The molecule has 0 unspecified atom stereocenters. The highest BCUT2D eigenvalue weighted by Gasteiger charge is 2.17. The van der Waals surface area contributed by atoms with Gasteiger partial charge in [-0.25, -0.2) is 4.98 Å². The Labute approximate surface area is 99.3 Å². The second-order valence-corrected chi connectivity index (χ2v) is 3.93. The molecule has 0 amide bonds. The second-order valence-electron chi connectivity index (χ2n) is 3.07. The number of rotatable bonds is 2. The quantitative estimate of drug-likeness (QED) is 0.628. The lowest BCUT2D eigenvalue weighted by atomic mass is 10.1. The smallest absolute Gasteiger partial charge is 0.295 e. The van der Waals surface area contributed by atoms with E-state index < -0.39 is 4.92 Å². The molecule has 5 nitrogen and oxygen atoms in total. The molecule has 0 aliphatic heterocycles. The maximum atomic E-state index is 10.8. The van der Waals surface area contributed by atoms with Gasteiger partial charge in [-0.1, -0.05) is 6.07 Å². The highest BCUT2D eigenvalue weighted by molar-refractivity contribution is 9.10. The number of benzene rings is 1. The van der Waals surface area contributed by atoms with Gasteiger partial charge in [-0.15, -0.1) is 0 Å². The molecule has 0 aliphatic carbocycles. The van der Waals surface area contributed by atoms with Crippen molar-refractivity contribution in [2.45, 2.75) is 0 Å². The maximum absolute atomic E-state index is 10.8. The summed E-state index contributed by atoms with van der Waals surface area (Å²) in [5.74, 6) is 0.369. The van der Waals surface area contributed by atoms with Gasteiger partial charge in [-0.2, -0.15) is 0 Å². The molecule has 2 aromatic rings. The van der Waals surface area contributed by atoms with E-state index in [1.807, 2.05) is 0 Å². The first-order chi connectivity index (χ1) is 7.65. The Morgan fingerprint density at radius 3 is 2.88 bits per heavy atom. The first-order valence-electron chi connectivity index (χ1n) is 4.40. The number of nitrogens with zero attached hydrogens (tertiary/aromatic N) is 2. The topological polar surface area (TPSA) is 65.3 Å². The van der Waals surface area contributed by atoms with Gasteiger partial charge in [0.2, 0.25) is 5.88 Å². The van der Waals surface area contributed by atoms with Crippen LogP contribution in [-0.2, 0) is 0 Å². The van der Waals surface area contributed by atoms with Crippen LogP contribution in [0.4, 0.5) is 5.69 Å². The molecule has 1 heterocycles. The number of methoxy groups -OCH3 is 1. The number of nitro groups is 1. The fourth-order valence-corrected chi connectivity index (χ4v) is 2.04. The molecule has 82 valence electrons. The van der Waals surface area contributed by atoms with Gasteiger partial charge in [0.1, 0.15) is 6.20 Å². The summed E-state index contributed by atoms with van der Waals surface area (Å²) in [5.41, 5.74) is -0.0305. The maximum Gasteiger partial charge on any atom is 0.295 e. The van der Waals surface area contributed by atoms with Crippen molar-refractivity contribution in [2.24, 2.45) is 0 Å². The standard InChI is InChI=1S/C10H7BrN2O3/c1-16-10-9-6(3-2-4-7(9)11)8(5-12-10)13(14)15/h2-5H,1H3. The lowest BCUT2D eigenvalue weighted by Gasteiger charge is -2.06. The molecular weight excluding hydrogens is 276 g/mol. The molecule has 0 fully saturated rings. The van der Waals surface area contributed by atoms with Crippen molar-refractivity contribution in [3.8, 4) is 5.88 Å². The third-order valence-corrected chi connectivity index (χ3v) is 2.86. The molecule has 0 N–H and O–H groups in total. The molecule has 0 saturated heterocycles. The summed E-state index contributed by atoms with van der Waals surface area (Å²) in [5, 5.41) is 12.0. The van der Waals surface area contributed by atoms with E-state index in [2.05, 4.69) is 20.9 Å². The number of ether oxygens (including phenoxy) is 1. The summed E-state index contributed by atoms with van der Waals surface area (Å²) in [4.78, 5) is 14.3. The summed E-state index contributed by atoms with van der Waals surface area (Å²) in [6, 6.07) is 5.19. The minimum atomic E-state index is -0.457. The Bertz CT molecular complexity index is 571. The minimum Gasteiger partial charge on any atom is -0.481 e. The largest absolute Gasteiger partial charge is 0.481 e. The molecule has 6 heteroatoms. The molecule has 1 aromatic heterocycles. The third kappa shape index (κ3) is 1.61. The minimum absolute atomic E-state index is 0.0305. The zero-order valence-corrected chi connectivity index (χ0v) is 9.89. The molecular formula is C10H7BrN2O3. The van der Waals surface area contributed by atoms with Crippen LogP contribution in [0.5, 0.6) is 5.88 Å². The first-order valence-corrected chi connectivity index (χ1v) is 5.20. The fourth-order valence-electron chi connectivity index (χ4n) is 1.51. The van der Waals surface area contributed by atoms with Crippen molar-refractivity contribution >= 4 is 32.4 Å². The van der Waals surface area contributed by atoms with Crippen LogP contribution < -0.4 is 4.74 Å². The average molecular weight is 283 g/mol. The zero-order chi connectivity index (χ0) is 11.7. The summed E-state index contributed by atoms with van der Waals surface area (Å²) in [6.07, 6.45) is 1.20. The normalized spacial score (nSPS) is 10.4. The Morgan fingerprint density at radius 2 is 2.25 bits per heavy atom. The van der Waals surface area contributed by atoms with Gasteiger partial charge in [-0.3, -0.25) is 10.1 Å². The van der Waals surface area contributed by atoms with E-state index in [0.29, 0.717) is 16.7 Å². The molecule has 1 aromatic carbocycles. The third-order valence-electron chi connectivity index (χ3n) is 2.20. The fraction of sp³-hybridized carbons (Fsp3) is 0.100. The summed E-state index contributed by atoms with van der Waals surface area (Å²) in [6.45, 7) is 0. The molecule has 0 saturated carbocycles. The molecule has 16 heavy (non-hydrogen) atoms. The highest BCUT2D eigenvalue weighted by atomic mass is 79.9. The predicted octanol–water partition coefficient (Wildman–Crippen LogP) is 2.91. The van der Waals surface area contributed by atoms with E-state index in [-0.39, 0.29) is 5.69 Å². The van der Waals surface area contributed by atoms with Gasteiger partial charge in [-0.05, 0) is 28.1 Å². The van der Waals surface area contributed by atoms with Gasteiger partial charge in [0.15, 0.2) is 0 Å². The van der Waals surface area contributed by atoms with Crippen LogP contribution in [0.1, 0.15) is 0 Å². The highest BCUT2D eigenvalue weighted by Crippen LogP contribution is 2.35. The van der Waals surface area contributed by atoms with Crippen LogP contribution in [0, 0.1) is 10.1 Å². The van der Waals surface area contributed by atoms with Crippen molar-refractivity contribution in [3.05, 3.63) is 39.0 Å². The number of hydrogen-bond donors (Lipinski definition) is 0. The van der Waals surface area contributed by atoms with Crippen LogP contribution >= 0.6 is 15.9 Å². The van der Waals surface area contributed by atoms with Crippen LogP contribution in [0.25, 0.3) is 10.8 Å². The van der Waals surface area contributed by atoms with E-state index in [9.17, 15) is 10.1 Å². The van der Waals surface area contributed by atoms with Crippen LogP contribution in [0.3, 0.4) is 0 Å². The summed E-state index contributed by atoms with van der Waals surface area (Å²) >= 11 is 3.33. The van der Waals surface area contributed by atoms with Crippen LogP contribution in [0.2, 0.25) is 0 Å². The van der Waals surface area contributed by atoms with E-state index in [0.717, 1.165) is 4.47 Å². The van der Waals surface area contributed by atoms with Crippen molar-refractivity contribution in [1.29, 1.82) is 0 Å². The first kappa shape index (κ1) is 10.8. The summed E-state index contributed by atoms with van der Waals surface area (Å²) in [7, 11) is 1.48. The molecule has 0 atom stereocenters. The van der Waals surface area contributed by atoms with Crippen molar-refractivity contribution in [3.63, 3.8) is 0 Å². The molecule has 0 radical (unpaired) electrons. The van der Waals surface area contributed by atoms with Crippen molar-refractivity contribution < 1.29 is 9.66 Å². The number of halogens is 1. The number of aromatic nitrogens is 1. The zero-order valence-electron chi connectivity index (χ0n) is 8.31. The van der Waals surface area contributed by atoms with Crippen molar-refractivity contribution in [2.75, 3.05) is 7.11 Å². The molecule has 2 rings (SSSR count). The van der Waals surface area contributed by atoms with E-state index in [4.69, 9.17) is 4.74 Å². The Morgan fingerprint density at radius 1 is 1.50 bits per heavy atom. The lowest BCUT2D eigenvalue weighted by molar-refractivity contribution is -0.383. The molecule has 0 aliphatic rings. The van der Waals surface area contributed by atoms with Gasteiger partial charge >= 0.3 is 0 Å². The van der Waals surface area contributed by atoms with Gasteiger partial charge in [0, 0.05) is 4.47 Å². The van der Waals surface area contributed by atoms with E-state index >= 15 is 0 Å². The Balaban J connectivity index is 2.91. The second kappa shape index (κ2) is 4.05. The number of hydrogen-bond acceptors (Lipinski definition) is 4. The number of pyridine rings is 1.